The van der Waals surface area contributed by atoms with E-state index in [0.717, 1.165) is 0 Å². The molecule has 0 N–H and O–H groups in total. The van der Waals surface area contributed by atoms with Crippen LogP contribution in [0.4, 0.5) is 96.6 Å². The van der Waals surface area contributed by atoms with Crippen LogP contribution < -0.4 is 0 Å². The van der Waals surface area contributed by atoms with Gasteiger partial charge in [0, 0.05) is 25.7 Å². The number of hydrogen-bond donors (Lipinski definition) is 0. The highest BCUT2D eigenvalue weighted by molar-refractivity contribution is 5.93. The van der Waals surface area contributed by atoms with Crippen LogP contribution in [0.15, 0.2) is 0 Å². The lowest BCUT2D eigenvalue weighted by Gasteiger charge is -2.20. The van der Waals surface area contributed by atoms with Crippen LogP contribution in [-0.2, 0) is 172 Å². The molecule has 0 aliphatic carbocycles. The number of halogens is 22. The molecular formula is C91H136F22O36. The zero-order chi connectivity index (χ0) is 118. The molecule has 0 rings (SSSR count). The third-order valence-electron chi connectivity index (χ3n) is 19.1. The second kappa shape index (κ2) is 71.6. The van der Waals surface area contributed by atoms with E-state index >= 15 is 0 Å². The van der Waals surface area contributed by atoms with Crippen LogP contribution in [0, 0.1) is 34.0 Å². The first-order valence-corrected chi connectivity index (χ1v) is 45.7. The van der Waals surface area contributed by atoms with Gasteiger partial charge in [0.2, 0.25) is 27.2 Å². The minimum atomic E-state index is -4.71. The predicted molar refractivity (Wildman–Crippen MR) is 466 cm³/mol. The SMILES string of the molecule is CCC(C)(C)C(=O)OCCOC(=O)CCC(=O)OCCC(F)(F)CC(C)(F)F.CCC(C)(C)C(=O)OCOC(=O)CC(=O)OC(C)C(F)(F)F.CCC(C)(C)C(=O)OCOC(=O)CC(=O)OCCC(F)(F)CC(C)(F)F.CCC(C)C(=O)OCCOC(=O)CCC(=O)OCCC(F)(F)CC(C)(F)F.CCC(C)C(=O)OCOC(=O)CC(=O)OC(C)C(F)(F)F.CCC(C)C(=O)OCOC(=O)CC(=O)OCCC(F)(F)CC(C)(F)F. The van der Waals surface area contributed by atoms with Crippen LogP contribution in [0.25, 0.3) is 0 Å². The van der Waals surface area contributed by atoms with Crippen molar-refractivity contribution >= 4 is 107 Å². The van der Waals surface area contributed by atoms with Gasteiger partial charge in [0.15, 0.2) is 12.2 Å². The van der Waals surface area contributed by atoms with Crippen molar-refractivity contribution in [2.24, 2.45) is 34.0 Å². The van der Waals surface area contributed by atoms with E-state index in [1.165, 1.54) is 0 Å². The van der Waals surface area contributed by atoms with Crippen molar-refractivity contribution in [3.05, 3.63) is 0 Å². The summed E-state index contributed by atoms with van der Waals surface area (Å²) < 4.78 is 360. The van der Waals surface area contributed by atoms with Gasteiger partial charge in [0.05, 0.1) is 112 Å². The molecule has 0 saturated heterocycles. The molecule has 58 heteroatoms. The molecule has 5 unspecified atom stereocenters. The van der Waals surface area contributed by atoms with Gasteiger partial charge >= 0.3 is 120 Å². The summed E-state index contributed by atoms with van der Waals surface area (Å²) in [5, 5.41) is 0. The van der Waals surface area contributed by atoms with Gasteiger partial charge in [0.25, 0.3) is 47.4 Å². The summed E-state index contributed by atoms with van der Waals surface area (Å²) in [4.78, 5) is 204. The zero-order valence-electron chi connectivity index (χ0n) is 86.4. The average Bonchev–Trinajstić information content (AvgIpc) is 0.897. The summed E-state index contributed by atoms with van der Waals surface area (Å²) in [7, 11) is 0. The molecule has 0 aromatic heterocycles. The largest absolute Gasteiger partial charge is 0.465 e. The van der Waals surface area contributed by atoms with Gasteiger partial charge in [-0.15, -0.1) is 0 Å². The molecule has 0 aromatic rings. The first-order chi connectivity index (χ1) is 67.6. The van der Waals surface area contributed by atoms with Crippen LogP contribution >= 0.6 is 0 Å². The third kappa shape index (κ3) is 86.3. The molecule has 0 heterocycles. The number of esters is 18. The van der Waals surface area contributed by atoms with Gasteiger partial charge in [-0.3, -0.25) is 86.3 Å². The minimum absolute atomic E-state index is 0.115. The van der Waals surface area contributed by atoms with Crippen LogP contribution in [0.2, 0.25) is 0 Å². The van der Waals surface area contributed by atoms with E-state index in [1.807, 2.05) is 13.8 Å². The molecule has 0 fully saturated rings. The maximum absolute atomic E-state index is 13.2. The Labute approximate surface area is 845 Å². The van der Waals surface area contributed by atoms with E-state index < -0.39 is 339 Å². The standard InChI is InChI=1S/C18H28F4O6.C17H26F4O6.C16H24F4O6.C15H22F4O6.C13H19F3O6.C12H17F3O6/c1-5-16(2,3)15(25)28-11-10-27-14(24)7-6-13(23)26-9-8-18(21,22)12-17(4,19)20;1-4-12(2)15(24)27-10-9-26-14(23)6-5-13(22)25-8-7-17(20,21)11-16(3,18)19;1-5-14(2,3)13(23)26-10-25-12(22)8-11(21)24-7-6-16(19,20)9-15(4,17)18;1-4-10(2)13(22)25-9-24-12(21)7-11(20)23-6-5-15(18,19)8-14(3,16)17;1-5-12(3,4)11(19)21-7-20-9(17)6-10(18)22-8(2)13(14,15)16;1-4-7(2)11(18)20-6-19-9(16)5-10(17)21-8(3)12(13,14)15/h5-12H2,1-4H3;12H,4-11H2,1-3H3;5-10H2,1-4H3;10H,4-9H2,1-3H3;8H,5-7H2,1-4H3;7-8H,4-6H2,1-3H3. The molecule has 0 bridgehead atoms. The molecule has 149 heavy (non-hydrogen) atoms. The maximum atomic E-state index is 13.2. The first-order valence-electron chi connectivity index (χ1n) is 45.7. The summed E-state index contributed by atoms with van der Waals surface area (Å²) in [6, 6.07) is 0. The van der Waals surface area contributed by atoms with Crippen LogP contribution in [0.3, 0.4) is 0 Å². The van der Waals surface area contributed by atoms with Crippen LogP contribution in [0.1, 0.15) is 287 Å². The Bertz CT molecular complexity index is 4080. The summed E-state index contributed by atoms with van der Waals surface area (Å²) in [5.41, 5.74) is -2.16. The molecule has 0 spiro atoms. The van der Waals surface area contributed by atoms with Gasteiger partial charge in [-0.1, -0.05) is 62.3 Å². The number of carbonyl (C=O) groups is 18. The highest BCUT2D eigenvalue weighted by atomic mass is 19.4. The van der Waals surface area contributed by atoms with Gasteiger partial charge in [-0.05, 0) is 122 Å². The summed E-state index contributed by atoms with van der Waals surface area (Å²) in [6.45, 7) is 21.9. The van der Waals surface area contributed by atoms with Crippen molar-refractivity contribution in [3.63, 3.8) is 0 Å². The van der Waals surface area contributed by atoms with E-state index in [0.29, 0.717) is 80.1 Å². The van der Waals surface area contributed by atoms with Crippen molar-refractivity contribution in [1.82, 2.24) is 0 Å². The Hall–Kier alpha value is -11.1. The molecule has 870 valence electrons. The van der Waals surface area contributed by atoms with Gasteiger partial charge in [0.1, 0.15) is 52.1 Å². The molecular weight excluding hydrogens is 2090 g/mol. The van der Waals surface area contributed by atoms with Gasteiger partial charge in [-0.2, -0.15) is 26.3 Å². The average molecular weight is 2220 g/mol. The summed E-state index contributed by atoms with van der Waals surface area (Å²) in [5.74, 6) is -46.0. The first kappa shape index (κ1) is 149. The molecule has 0 aliphatic rings. The fourth-order valence-electron chi connectivity index (χ4n) is 8.65. The van der Waals surface area contributed by atoms with Crippen LogP contribution in [-0.4, -0.2) is 259 Å². The molecule has 0 saturated carbocycles. The van der Waals surface area contributed by atoms with Crippen LogP contribution in [0.5, 0.6) is 0 Å². The number of ether oxygens (including phenoxy) is 18. The fourth-order valence-corrected chi connectivity index (χ4v) is 8.65. The number of alkyl halides is 22. The van der Waals surface area contributed by atoms with Crippen molar-refractivity contribution in [1.29, 1.82) is 0 Å². The molecule has 0 aliphatic heterocycles. The predicted octanol–water partition coefficient (Wildman–Crippen LogP) is 18.3. The van der Waals surface area contributed by atoms with Crippen molar-refractivity contribution in [2.75, 3.05) is 80.0 Å². The monoisotopic (exact) mass is 2220 g/mol. The quantitative estimate of drug-likeness (QED) is 0.0136. The topological polar surface area (TPSA) is 473 Å². The number of rotatable bonds is 62. The van der Waals surface area contributed by atoms with E-state index in [1.54, 1.807) is 90.0 Å². The second-order valence-corrected chi connectivity index (χ2v) is 35.1. The lowest BCUT2D eigenvalue weighted by atomic mass is 9.91. The number of carbonyl (C=O) groups excluding carboxylic acids is 18. The lowest BCUT2D eigenvalue weighted by Crippen LogP contribution is -2.32. The normalized spacial score (nSPS) is 13.0. The van der Waals surface area contributed by atoms with E-state index in [-0.39, 0.29) is 57.0 Å². The smallest absolute Gasteiger partial charge is 0.425 e. The Morgan fingerprint density at radius 2 is 0.396 bits per heavy atom. The molecule has 0 aromatic carbocycles. The number of hydrogen-bond acceptors (Lipinski definition) is 36. The molecule has 0 radical (unpaired) electrons. The van der Waals surface area contributed by atoms with Gasteiger partial charge in [-0.25, -0.2) is 70.2 Å². The van der Waals surface area contributed by atoms with Crippen molar-refractivity contribution in [3.8, 4) is 0 Å². The second-order valence-electron chi connectivity index (χ2n) is 35.1. The van der Waals surface area contributed by atoms with Crippen molar-refractivity contribution < 1.29 is 268 Å². The Morgan fingerprint density at radius 3 is 0.611 bits per heavy atom. The lowest BCUT2D eigenvalue weighted by molar-refractivity contribution is -0.217. The Kier molecular flexibility index (Phi) is 71.4. The highest BCUT2D eigenvalue weighted by Gasteiger charge is 2.46. The Balaban J connectivity index is -0.000000413. The maximum Gasteiger partial charge on any atom is 0.425 e. The van der Waals surface area contributed by atoms with E-state index in [9.17, 15) is 183 Å². The zero-order valence-corrected chi connectivity index (χ0v) is 86.4. The van der Waals surface area contributed by atoms with Crippen molar-refractivity contribution in [2.45, 2.75) is 359 Å². The minimum Gasteiger partial charge on any atom is -0.465 e. The fraction of sp³-hybridized carbons (Fsp3) is 0.802. The summed E-state index contributed by atoms with van der Waals surface area (Å²) in [6.07, 6.45) is -26.9. The van der Waals surface area contributed by atoms with E-state index in [4.69, 9.17) is 23.7 Å². The highest BCUT2D eigenvalue weighted by Crippen LogP contribution is 2.37. The molecule has 5 atom stereocenters. The Morgan fingerprint density at radius 1 is 0.215 bits per heavy atom. The van der Waals surface area contributed by atoms with E-state index in [2.05, 4.69) is 61.6 Å². The molecule has 36 nitrogen and oxygen atoms in total. The summed E-state index contributed by atoms with van der Waals surface area (Å²) >= 11 is 0. The third-order valence-corrected chi connectivity index (χ3v) is 19.1. The van der Waals surface area contributed by atoms with Gasteiger partial charge < -0.3 is 85.3 Å². The molecule has 0 amide bonds.